The molecule has 0 saturated heterocycles. The Morgan fingerprint density at radius 1 is 1.00 bits per heavy atom. The molecule has 0 atom stereocenters. The van der Waals surface area contributed by atoms with Crippen molar-refractivity contribution < 1.29 is 4.79 Å². The zero-order valence-corrected chi connectivity index (χ0v) is 15.2. The van der Waals surface area contributed by atoms with Crippen molar-refractivity contribution in [2.75, 3.05) is 6.54 Å². The Morgan fingerprint density at radius 2 is 1.64 bits per heavy atom. The first-order valence-electron chi connectivity index (χ1n) is 8.50. The van der Waals surface area contributed by atoms with Crippen LogP contribution in [0.1, 0.15) is 26.7 Å². The number of nitrogens with zero attached hydrogens (tertiary/aromatic N) is 1. The molecule has 3 rings (SSSR count). The number of aromatic nitrogens is 1. The number of carbonyl (C=O) groups is 1. The maximum Gasteiger partial charge on any atom is 0.224 e. The van der Waals surface area contributed by atoms with E-state index in [1.54, 1.807) is 11.3 Å². The SMILES string of the molecule is Cc1nc(CCNC(=O)Cc2ccccc2)sc1Cc1ccccc1. The van der Waals surface area contributed by atoms with Gasteiger partial charge in [-0.05, 0) is 18.1 Å². The normalized spacial score (nSPS) is 10.6. The molecule has 0 aliphatic heterocycles. The summed E-state index contributed by atoms with van der Waals surface area (Å²) >= 11 is 1.75. The predicted molar refractivity (Wildman–Crippen MR) is 103 cm³/mol. The number of amides is 1. The fourth-order valence-corrected chi connectivity index (χ4v) is 3.80. The minimum atomic E-state index is 0.0592. The minimum Gasteiger partial charge on any atom is -0.355 e. The number of rotatable bonds is 7. The Labute approximate surface area is 152 Å². The van der Waals surface area contributed by atoms with Gasteiger partial charge in [-0.15, -0.1) is 11.3 Å². The number of nitrogens with one attached hydrogen (secondary N) is 1. The molecule has 1 aromatic heterocycles. The Hall–Kier alpha value is -2.46. The van der Waals surface area contributed by atoms with Gasteiger partial charge in [0.2, 0.25) is 5.91 Å². The van der Waals surface area contributed by atoms with E-state index in [2.05, 4.69) is 41.5 Å². The molecule has 0 radical (unpaired) electrons. The molecule has 3 aromatic rings. The molecule has 0 aliphatic rings. The van der Waals surface area contributed by atoms with E-state index in [4.69, 9.17) is 0 Å². The lowest BCUT2D eigenvalue weighted by Crippen LogP contribution is -2.27. The number of hydrogen-bond acceptors (Lipinski definition) is 3. The van der Waals surface area contributed by atoms with Crippen LogP contribution in [0.5, 0.6) is 0 Å². The average molecular weight is 350 g/mol. The van der Waals surface area contributed by atoms with E-state index in [1.165, 1.54) is 10.4 Å². The summed E-state index contributed by atoms with van der Waals surface area (Å²) in [5.41, 5.74) is 3.44. The van der Waals surface area contributed by atoms with E-state index in [0.29, 0.717) is 13.0 Å². The van der Waals surface area contributed by atoms with Gasteiger partial charge in [-0.2, -0.15) is 0 Å². The zero-order valence-electron chi connectivity index (χ0n) is 14.4. The second kappa shape index (κ2) is 8.58. The fraction of sp³-hybridized carbons (Fsp3) is 0.238. The fourth-order valence-electron chi connectivity index (χ4n) is 2.69. The largest absolute Gasteiger partial charge is 0.355 e. The number of thiazole rings is 1. The van der Waals surface area contributed by atoms with Crippen LogP contribution in [0.3, 0.4) is 0 Å². The Bertz CT molecular complexity index is 812. The van der Waals surface area contributed by atoms with Crippen LogP contribution in [0, 0.1) is 6.92 Å². The molecule has 4 heteroatoms. The van der Waals surface area contributed by atoms with Crippen LogP contribution in [-0.2, 0) is 24.1 Å². The molecule has 1 heterocycles. The van der Waals surface area contributed by atoms with Crippen molar-refractivity contribution >= 4 is 17.2 Å². The van der Waals surface area contributed by atoms with E-state index >= 15 is 0 Å². The van der Waals surface area contributed by atoms with Crippen molar-refractivity contribution in [3.63, 3.8) is 0 Å². The first-order chi connectivity index (χ1) is 12.2. The summed E-state index contributed by atoms with van der Waals surface area (Å²) < 4.78 is 0. The molecule has 0 unspecified atom stereocenters. The summed E-state index contributed by atoms with van der Waals surface area (Å²) in [5.74, 6) is 0.0592. The minimum absolute atomic E-state index is 0.0592. The summed E-state index contributed by atoms with van der Waals surface area (Å²) in [6, 6.07) is 20.3. The predicted octanol–water partition coefficient (Wildman–Crippen LogP) is 3.94. The van der Waals surface area contributed by atoms with Crippen molar-refractivity contribution in [3.8, 4) is 0 Å². The van der Waals surface area contributed by atoms with Crippen molar-refractivity contribution in [2.45, 2.75) is 26.2 Å². The highest BCUT2D eigenvalue weighted by molar-refractivity contribution is 7.11. The van der Waals surface area contributed by atoms with Gasteiger partial charge in [-0.1, -0.05) is 60.7 Å². The lowest BCUT2D eigenvalue weighted by molar-refractivity contribution is -0.120. The molecule has 0 bridgehead atoms. The van der Waals surface area contributed by atoms with Crippen LogP contribution in [0.2, 0.25) is 0 Å². The maximum atomic E-state index is 12.0. The third-order valence-corrected chi connectivity index (χ3v) is 5.23. The first-order valence-corrected chi connectivity index (χ1v) is 9.32. The molecule has 1 N–H and O–H groups in total. The summed E-state index contributed by atoms with van der Waals surface area (Å²) in [6.45, 7) is 2.69. The van der Waals surface area contributed by atoms with Crippen LogP contribution in [0.4, 0.5) is 0 Å². The summed E-state index contributed by atoms with van der Waals surface area (Å²) in [6.07, 6.45) is 2.13. The first kappa shape index (κ1) is 17.4. The highest BCUT2D eigenvalue weighted by atomic mass is 32.1. The lowest BCUT2D eigenvalue weighted by atomic mass is 10.1. The van der Waals surface area contributed by atoms with E-state index < -0.39 is 0 Å². The molecule has 2 aromatic carbocycles. The number of carbonyl (C=O) groups excluding carboxylic acids is 1. The smallest absolute Gasteiger partial charge is 0.224 e. The zero-order chi connectivity index (χ0) is 17.5. The van der Waals surface area contributed by atoms with Crippen molar-refractivity contribution in [2.24, 2.45) is 0 Å². The Kier molecular flexibility index (Phi) is 5.96. The van der Waals surface area contributed by atoms with Crippen LogP contribution >= 0.6 is 11.3 Å². The molecule has 0 saturated carbocycles. The molecule has 25 heavy (non-hydrogen) atoms. The standard InChI is InChI=1S/C21H22N2OS/c1-16-19(14-17-8-4-2-5-9-17)25-21(23-16)12-13-22-20(24)15-18-10-6-3-7-11-18/h2-11H,12-15H2,1H3,(H,22,24). The summed E-state index contributed by atoms with van der Waals surface area (Å²) in [7, 11) is 0. The molecule has 0 fully saturated rings. The molecule has 3 nitrogen and oxygen atoms in total. The van der Waals surface area contributed by atoms with Gasteiger partial charge >= 0.3 is 0 Å². The number of hydrogen-bond donors (Lipinski definition) is 1. The summed E-state index contributed by atoms with van der Waals surface area (Å²) in [5, 5.41) is 4.07. The quantitative estimate of drug-likeness (QED) is 0.701. The molecular weight excluding hydrogens is 328 g/mol. The third-order valence-electron chi connectivity index (χ3n) is 4.01. The Balaban J connectivity index is 1.49. The molecular formula is C21H22N2OS. The molecule has 0 spiro atoms. The number of benzene rings is 2. The number of aryl methyl sites for hydroxylation is 1. The topological polar surface area (TPSA) is 42.0 Å². The maximum absolute atomic E-state index is 12.0. The lowest BCUT2D eigenvalue weighted by Gasteiger charge is -2.04. The highest BCUT2D eigenvalue weighted by Gasteiger charge is 2.09. The van der Waals surface area contributed by atoms with Gasteiger partial charge in [0.25, 0.3) is 0 Å². The van der Waals surface area contributed by atoms with Gasteiger partial charge < -0.3 is 5.32 Å². The Morgan fingerprint density at radius 3 is 2.32 bits per heavy atom. The average Bonchev–Trinajstić information content (AvgIpc) is 2.96. The van der Waals surface area contributed by atoms with Crippen LogP contribution in [0.15, 0.2) is 60.7 Å². The van der Waals surface area contributed by atoms with E-state index in [1.807, 2.05) is 36.4 Å². The van der Waals surface area contributed by atoms with Gasteiger partial charge in [-0.25, -0.2) is 4.98 Å². The second-order valence-electron chi connectivity index (χ2n) is 6.04. The van der Waals surface area contributed by atoms with E-state index in [0.717, 1.165) is 29.1 Å². The summed E-state index contributed by atoms with van der Waals surface area (Å²) in [4.78, 5) is 17.9. The van der Waals surface area contributed by atoms with Gasteiger partial charge in [0, 0.05) is 24.3 Å². The third kappa shape index (κ3) is 5.26. The van der Waals surface area contributed by atoms with E-state index in [-0.39, 0.29) is 5.91 Å². The second-order valence-corrected chi connectivity index (χ2v) is 7.21. The molecule has 1 amide bonds. The molecule has 128 valence electrons. The highest BCUT2D eigenvalue weighted by Crippen LogP contribution is 2.21. The van der Waals surface area contributed by atoms with Crippen LogP contribution < -0.4 is 5.32 Å². The van der Waals surface area contributed by atoms with E-state index in [9.17, 15) is 4.79 Å². The van der Waals surface area contributed by atoms with Crippen LogP contribution in [-0.4, -0.2) is 17.4 Å². The van der Waals surface area contributed by atoms with Gasteiger partial charge in [-0.3, -0.25) is 4.79 Å². The van der Waals surface area contributed by atoms with Gasteiger partial charge in [0.1, 0.15) is 0 Å². The van der Waals surface area contributed by atoms with Crippen molar-refractivity contribution in [1.29, 1.82) is 0 Å². The van der Waals surface area contributed by atoms with Crippen molar-refractivity contribution in [3.05, 3.63) is 87.4 Å². The van der Waals surface area contributed by atoms with Crippen molar-refractivity contribution in [1.82, 2.24) is 10.3 Å². The monoisotopic (exact) mass is 350 g/mol. The van der Waals surface area contributed by atoms with Gasteiger partial charge in [0.15, 0.2) is 0 Å². The van der Waals surface area contributed by atoms with Gasteiger partial charge in [0.05, 0.1) is 17.1 Å². The molecule has 0 aliphatic carbocycles. The van der Waals surface area contributed by atoms with Crippen LogP contribution in [0.25, 0.3) is 0 Å².